The number of fused-ring (bicyclic) bond motifs is 1. The maximum atomic E-state index is 15.0. The van der Waals surface area contributed by atoms with E-state index in [1.165, 1.54) is 11.5 Å². The van der Waals surface area contributed by atoms with E-state index in [1.807, 2.05) is 0 Å². The molecule has 1 saturated heterocycles. The number of aromatic nitrogens is 4. The third-order valence-electron chi connectivity index (χ3n) is 8.07. The summed E-state index contributed by atoms with van der Waals surface area (Å²) in [6.07, 6.45) is -3.33. The molecule has 1 aromatic carbocycles. The van der Waals surface area contributed by atoms with Crippen molar-refractivity contribution in [2.24, 2.45) is 0 Å². The van der Waals surface area contributed by atoms with E-state index in [4.69, 9.17) is 9.47 Å². The van der Waals surface area contributed by atoms with Crippen LogP contribution in [-0.4, -0.2) is 80.4 Å². The van der Waals surface area contributed by atoms with Gasteiger partial charge < -0.3 is 24.7 Å². The summed E-state index contributed by atoms with van der Waals surface area (Å²) in [6.45, 7) is 6.01. The third-order valence-corrected chi connectivity index (χ3v) is 8.07. The van der Waals surface area contributed by atoms with Gasteiger partial charge in [-0.2, -0.15) is 22.7 Å². The minimum atomic E-state index is -4.57. The number of anilines is 1. The molecule has 0 aliphatic carbocycles. The molecule has 0 saturated carbocycles. The molecule has 1 fully saturated rings. The summed E-state index contributed by atoms with van der Waals surface area (Å²) in [5.74, 6) is -3.86. The Hall–Kier alpha value is -4.38. The molecule has 2 aliphatic rings. The molecule has 4 heterocycles. The van der Waals surface area contributed by atoms with Gasteiger partial charge in [-0.1, -0.05) is 13.0 Å². The number of hydrogen-bond acceptors (Lipinski definition) is 8. The number of carbonyl (C=O) groups excluding carboxylic acids is 2. The highest BCUT2D eigenvalue weighted by Gasteiger charge is 2.44. The molecule has 0 spiro atoms. The second-order valence-corrected chi connectivity index (χ2v) is 13.0. The third kappa shape index (κ3) is 7.93. The standard InChI is InChI=1S/C32H38F5N7O5/c1-6-22-25(23-14-38-16-31(33,34)17-43(23)29(47)49-30(3,4)5)27(46)44-28(40-26(41-44)19-9-11-48-12-10-19)42(22)15-24(45)39-21-8-7-20(13-18(21)2)32(35,36)37/h7-9,13,23,38H,6,10-12,14-17H2,1-5H3,(H,39,45). The predicted octanol–water partition coefficient (Wildman–Crippen LogP) is 4.74. The fourth-order valence-corrected chi connectivity index (χ4v) is 5.87. The second-order valence-electron chi connectivity index (χ2n) is 13.0. The van der Waals surface area contributed by atoms with Crippen molar-refractivity contribution in [3.8, 4) is 0 Å². The molecule has 1 atom stereocenters. The molecule has 2 aromatic heterocycles. The van der Waals surface area contributed by atoms with Gasteiger partial charge >= 0.3 is 12.3 Å². The molecule has 0 bridgehead atoms. The summed E-state index contributed by atoms with van der Waals surface area (Å²) in [7, 11) is 0. The Labute approximate surface area is 278 Å². The van der Waals surface area contributed by atoms with E-state index in [-0.39, 0.29) is 47.1 Å². The van der Waals surface area contributed by atoms with E-state index >= 15 is 0 Å². The van der Waals surface area contributed by atoms with Crippen LogP contribution in [0, 0.1) is 6.92 Å². The monoisotopic (exact) mass is 695 g/mol. The zero-order valence-corrected chi connectivity index (χ0v) is 27.7. The fourth-order valence-electron chi connectivity index (χ4n) is 5.87. The van der Waals surface area contributed by atoms with E-state index < -0.39 is 66.5 Å². The van der Waals surface area contributed by atoms with Crippen molar-refractivity contribution in [3.05, 3.63) is 62.8 Å². The fraction of sp³-hybridized carbons (Fsp3) is 0.531. The summed E-state index contributed by atoms with van der Waals surface area (Å²) in [4.78, 5) is 46.8. The molecule has 17 heteroatoms. The number of aryl methyl sites for hydroxylation is 1. The summed E-state index contributed by atoms with van der Waals surface area (Å²) in [5, 5.41) is 9.73. The van der Waals surface area contributed by atoms with Crippen molar-refractivity contribution in [3.63, 3.8) is 0 Å². The van der Waals surface area contributed by atoms with Crippen molar-refractivity contribution >= 4 is 29.0 Å². The van der Waals surface area contributed by atoms with Gasteiger partial charge in [-0.05, 0) is 69.9 Å². The van der Waals surface area contributed by atoms with Gasteiger partial charge in [-0.15, -0.1) is 5.10 Å². The number of halogens is 5. The van der Waals surface area contributed by atoms with Crippen LogP contribution in [0.3, 0.4) is 0 Å². The number of nitrogens with one attached hydrogen (secondary N) is 2. The second kappa shape index (κ2) is 13.5. The molecular formula is C32H38F5N7O5. The zero-order chi connectivity index (χ0) is 35.9. The number of alkyl halides is 5. The van der Waals surface area contributed by atoms with Crippen LogP contribution < -0.4 is 16.2 Å². The topological polar surface area (TPSA) is 132 Å². The van der Waals surface area contributed by atoms with Crippen LogP contribution in [0.2, 0.25) is 0 Å². The number of nitrogens with zero attached hydrogens (tertiary/aromatic N) is 5. The van der Waals surface area contributed by atoms with Gasteiger partial charge in [0.1, 0.15) is 12.1 Å². The molecule has 0 radical (unpaired) electrons. The molecule has 3 aromatic rings. The van der Waals surface area contributed by atoms with Crippen molar-refractivity contribution in [1.82, 2.24) is 29.4 Å². The Balaban J connectivity index is 1.66. The van der Waals surface area contributed by atoms with E-state index in [2.05, 4.69) is 20.7 Å². The lowest BCUT2D eigenvalue weighted by Gasteiger charge is -2.34. The lowest BCUT2D eigenvalue weighted by Crippen LogP contribution is -2.47. The quantitative estimate of drug-likeness (QED) is 0.354. The van der Waals surface area contributed by atoms with Gasteiger partial charge in [0.05, 0.1) is 43.5 Å². The van der Waals surface area contributed by atoms with Gasteiger partial charge in [-0.25, -0.2) is 13.6 Å². The first-order valence-electron chi connectivity index (χ1n) is 15.7. The van der Waals surface area contributed by atoms with Crippen molar-refractivity contribution in [2.45, 2.75) is 77.7 Å². The van der Waals surface area contributed by atoms with E-state index in [9.17, 15) is 36.3 Å². The van der Waals surface area contributed by atoms with E-state index in [1.54, 1.807) is 33.8 Å². The molecule has 2 N–H and O–H groups in total. The molecule has 5 rings (SSSR count). The number of carbonyl (C=O) groups is 2. The molecule has 1 unspecified atom stereocenters. The van der Waals surface area contributed by atoms with Gasteiger partial charge in [-0.3, -0.25) is 14.5 Å². The number of ether oxygens (including phenoxy) is 2. The summed E-state index contributed by atoms with van der Waals surface area (Å²) >= 11 is 0. The van der Waals surface area contributed by atoms with Crippen LogP contribution in [0.5, 0.6) is 0 Å². The lowest BCUT2D eigenvalue weighted by atomic mass is 10.0. The highest BCUT2D eigenvalue weighted by Crippen LogP contribution is 2.33. The van der Waals surface area contributed by atoms with Crippen LogP contribution >= 0.6 is 0 Å². The molecule has 12 nitrogen and oxygen atoms in total. The summed E-state index contributed by atoms with van der Waals surface area (Å²) in [6, 6.07) is 1.64. The SMILES string of the molecule is CCc1c(C2CNCC(F)(F)CN2C(=O)OC(C)(C)C)c(=O)n2nc(C3=CCOCC3)nc2n1CC(=O)Nc1ccc(C(F)(F)F)cc1C. The number of amides is 2. The van der Waals surface area contributed by atoms with Crippen LogP contribution in [0.25, 0.3) is 11.4 Å². The Morgan fingerprint density at radius 2 is 1.94 bits per heavy atom. The minimum Gasteiger partial charge on any atom is -0.444 e. The average Bonchev–Trinajstić information content (AvgIpc) is 3.39. The smallest absolute Gasteiger partial charge is 0.416 e. The lowest BCUT2D eigenvalue weighted by molar-refractivity contribution is -0.137. The van der Waals surface area contributed by atoms with Gasteiger partial charge in [0.2, 0.25) is 11.7 Å². The molecule has 2 amide bonds. The van der Waals surface area contributed by atoms with Crippen LogP contribution in [0.15, 0.2) is 29.1 Å². The Kier molecular flexibility index (Phi) is 9.89. The molecule has 266 valence electrons. The van der Waals surface area contributed by atoms with Crippen LogP contribution in [0.1, 0.15) is 68.4 Å². The van der Waals surface area contributed by atoms with E-state index in [0.29, 0.717) is 25.2 Å². The molecule has 49 heavy (non-hydrogen) atoms. The number of hydrogen-bond donors (Lipinski definition) is 2. The van der Waals surface area contributed by atoms with Gasteiger partial charge in [0, 0.05) is 17.9 Å². The first-order chi connectivity index (χ1) is 22.9. The van der Waals surface area contributed by atoms with Crippen LogP contribution in [-0.2, 0) is 33.4 Å². The average molecular weight is 696 g/mol. The summed E-state index contributed by atoms with van der Waals surface area (Å²) in [5.41, 5.74) is -1.49. The first kappa shape index (κ1) is 35.9. The number of rotatable bonds is 6. The Morgan fingerprint density at radius 1 is 1.20 bits per heavy atom. The summed E-state index contributed by atoms with van der Waals surface area (Å²) < 4.78 is 82.9. The zero-order valence-electron chi connectivity index (χ0n) is 27.7. The minimum absolute atomic E-state index is 0.0250. The Morgan fingerprint density at radius 3 is 2.55 bits per heavy atom. The maximum Gasteiger partial charge on any atom is 0.416 e. The van der Waals surface area contributed by atoms with Crippen molar-refractivity contribution in [2.75, 3.05) is 38.2 Å². The van der Waals surface area contributed by atoms with Crippen molar-refractivity contribution < 1.29 is 41.0 Å². The molecule has 2 aliphatic heterocycles. The van der Waals surface area contributed by atoms with Gasteiger partial charge in [0.25, 0.3) is 11.5 Å². The first-order valence-corrected chi connectivity index (χ1v) is 15.7. The predicted molar refractivity (Wildman–Crippen MR) is 168 cm³/mol. The van der Waals surface area contributed by atoms with Crippen LogP contribution in [0.4, 0.5) is 32.4 Å². The maximum absolute atomic E-state index is 15.0. The molecular weight excluding hydrogens is 657 g/mol. The number of benzene rings is 1. The highest BCUT2D eigenvalue weighted by atomic mass is 19.4. The van der Waals surface area contributed by atoms with Gasteiger partial charge in [0.15, 0.2) is 5.82 Å². The Bertz CT molecular complexity index is 1840. The normalized spacial score (nSPS) is 18.6. The largest absolute Gasteiger partial charge is 0.444 e. The highest BCUT2D eigenvalue weighted by molar-refractivity contribution is 5.91. The van der Waals surface area contributed by atoms with Crippen molar-refractivity contribution in [1.29, 1.82) is 0 Å². The van der Waals surface area contributed by atoms with E-state index in [0.717, 1.165) is 27.6 Å².